The lowest BCUT2D eigenvalue weighted by atomic mass is 9.95. The van der Waals surface area contributed by atoms with Crippen LogP contribution in [0.5, 0.6) is 0 Å². The zero-order valence-corrected chi connectivity index (χ0v) is 11.1. The van der Waals surface area contributed by atoms with Gasteiger partial charge in [0.25, 0.3) is 0 Å². The van der Waals surface area contributed by atoms with E-state index in [-0.39, 0.29) is 5.56 Å². The molecule has 0 aliphatic heterocycles. The summed E-state index contributed by atoms with van der Waals surface area (Å²) < 4.78 is 56.5. The van der Waals surface area contributed by atoms with Gasteiger partial charge in [0.15, 0.2) is 0 Å². The zero-order chi connectivity index (χ0) is 15.7. The summed E-state index contributed by atoms with van der Waals surface area (Å²) in [5.41, 5.74) is -0.737. The fourth-order valence-corrected chi connectivity index (χ4v) is 1.88. The number of rotatable bonds is 3. The Bertz CT molecular complexity index is 667. The molecule has 2 aromatic rings. The Morgan fingerprint density at radius 2 is 1.14 bits per heavy atom. The number of halogens is 4. The molecule has 1 nitrogen and oxygen atoms in total. The van der Waals surface area contributed by atoms with E-state index in [1.165, 1.54) is 12.1 Å². The van der Waals surface area contributed by atoms with Gasteiger partial charge in [-0.15, -0.1) is 0 Å². The van der Waals surface area contributed by atoms with Crippen molar-refractivity contribution in [2.45, 2.75) is 18.8 Å². The maximum atomic E-state index is 14.1. The van der Waals surface area contributed by atoms with Gasteiger partial charge in [-0.1, -0.05) is 42.0 Å². The van der Waals surface area contributed by atoms with Gasteiger partial charge in [-0.25, -0.2) is 0 Å². The van der Waals surface area contributed by atoms with Crippen LogP contribution in [0.25, 0.3) is 0 Å². The van der Waals surface area contributed by atoms with Gasteiger partial charge >= 0.3 is 11.8 Å². The second kappa shape index (κ2) is 5.21. The normalized spacial score (nSPS) is 12.0. The number of aryl methyl sites for hydroxylation is 1. The van der Waals surface area contributed by atoms with Crippen molar-refractivity contribution in [3.63, 3.8) is 0 Å². The lowest BCUT2D eigenvalue weighted by Crippen LogP contribution is -2.35. The molecule has 0 atom stereocenters. The number of nitriles is 1. The molecule has 5 heteroatoms. The Labute approximate surface area is 119 Å². The highest BCUT2D eigenvalue weighted by atomic mass is 19.3. The van der Waals surface area contributed by atoms with Crippen molar-refractivity contribution < 1.29 is 17.6 Å². The molecule has 0 fully saturated rings. The molecule has 0 amide bonds. The highest BCUT2D eigenvalue weighted by Crippen LogP contribution is 2.49. The molecule has 0 heterocycles. The smallest absolute Gasteiger partial charge is 0.194 e. The first-order chi connectivity index (χ1) is 9.79. The molecule has 0 aliphatic carbocycles. The second-order valence-corrected chi connectivity index (χ2v) is 4.70. The first-order valence-electron chi connectivity index (χ1n) is 6.12. The largest absolute Gasteiger partial charge is 0.339 e. The van der Waals surface area contributed by atoms with E-state index in [1.54, 1.807) is 13.0 Å². The number of alkyl halides is 4. The lowest BCUT2D eigenvalue weighted by molar-refractivity contribution is -0.223. The first-order valence-corrected chi connectivity index (χ1v) is 6.12. The third-order valence-corrected chi connectivity index (χ3v) is 3.19. The minimum Gasteiger partial charge on any atom is -0.194 e. The monoisotopic (exact) mass is 293 g/mol. The van der Waals surface area contributed by atoms with E-state index >= 15 is 0 Å². The maximum Gasteiger partial charge on any atom is 0.339 e. The van der Waals surface area contributed by atoms with Crippen molar-refractivity contribution in [3.8, 4) is 6.07 Å². The van der Waals surface area contributed by atoms with E-state index in [4.69, 9.17) is 5.26 Å². The van der Waals surface area contributed by atoms with Gasteiger partial charge in [-0.05, 0) is 19.1 Å². The number of benzene rings is 2. The molecule has 0 bridgehead atoms. The van der Waals surface area contributed by atoms with Crippen LogP contribution in [0.3, 0.4) is 0 Å². The van der Waals surface area contributed by atoms with Crippen LogP contribution in [0.15, 0.2) is 48.5 Å². The van der Waals surface area contributed by atoms with E-state index in [9.17, 15) is 17.6 Å². The molecule has 21 heavy (non-hydrogen) atoms. The van der Waals surface area contributed by atoms with Crippen LogP contribution in [0.2, 0.25) is 0 Å². The lowest BCUT2D eigenvalue weighted by Gasteiger charge is -2.27. The van der Waals surface area contributed by atoms with Crippen molar-refractivity contribution in [1.29, 1.82) is 5.26 Å². The SMILES string of the molecule is Cc1ccc(C(F)(F)C(F)(F)c2ccc(C#N)cc2)cc1. The summed E-state index contributed by atoms with van der Waals surface area (Å²) >= 11 is 0. The van der Waals surface area contributed by atoms with Crippen LogP contribution in [-0.4, -0.2) is 0 Å². The Hall–Kier alpha value is -2.35. The van der Waals surface area contributed by atoms with E-state index in [0.717, 1.165) is 36.4 Å². The van der Waals surface area contributed by atoms with Crippen LogP contribution >= 0.6 is 0 Å². The number of hydrogen-bond donors (Lipinski definition) is 0. The highest BCUT2D eigenvalue weighted by Gasteiger charge is 2.58. The van der Waals surface area contributed by atoms with Gasteiger partial charge in [0, 0.05) is 11.1 Å². The van der Waals surface area contributed by atoms with E-state index in [1.807, 2.05) is 0 Å². The summed E-state index contributed by atoms with van der Waals surface area (Å²) in [6.07, 6.45) is 0. The van der Waals surface area contributed by atoms with Gasteiger partial charge < -0.3 is 0 Å². The summed E-state index contributed by atoms with van der Waals surface area (Å²) in [7, 11) is 0. The third-order valence-electron chi connectivity index (χ3n) is 3.19. The van der Waals surface area contributed by atoms with Crippen molar-refractivity contribution in [1.82, 2.24) is 0 Å². The minimum atomic E-state index is -4.36. The van der Waals surface area contributed by atoms with Crippen molar-refractivity contribution >= 4 is 0 Å². The Morgan fingerprint density at radius 1 is 0.762 bits per heavy atom. The Kier molecular flexibility index (Phi) is 3.73. The van der Waals surface area contributed by atoms with Crippen LogP contribution < -0.4 is 0 Å². The fourth-order valence-electron chi connectivity index (χ4n) is 1.88. The fraction of sp³-hybridized carbons (Fsp3) is 0.188. The molecule has 0 spiro atoms. The molecule has 0 saturated heterocycles. The van der Waals surface area contributed by atoms with Gasteiger partial charge in [0.2, 0.25) is 0 Å². The average molecular weight is 293 g/mol. The zero-order valence-electron chi connectivity index (χ0n) is 11.1. The molecule has 0 aliphatic rings. The predicted octanol–water partition coefficient (Wildman–Crippen LogP) is 4.75. The van der Waals surface area contributed by atoms with Crippen LogP contribution in [0, 0.1) is 18.3 Å². The molecule has 0 N–H and O–H groups in total. The minimum absolute atomic E-state index is 0.133. The molecular weight excluding hydrogens is 282 g/mol. The van der Waals surface area contributed by atoms with Crippen molar-refractivity contribution in [2.75, 3.05) is 0 Å². The number of nitrogens with zero attached hydrogens (tertiary/aromatic N) is 1. The standard InChI is InChI=1S/C16H11F4N/c1-11-2-6-13(7-3-11)15(17,18)16(19,20)14-8-4-12(10-21)5-9-14/h2-9H,1H3. The molecule has 0 unspecified atom stereocenters. The summed E-state index contributed by atoms with van der Waals surface area (Å²) in [4.78, 5) is 0. The van der Waals surface area contributed by atoms with Gasteiger partial charge in [-0.3, -0.25) is 0 Å². The van der Waals surface area contributed by atoms with Crippen LogP contribution in [0.1, 0.15) is 22.3 Å². The van der Waals surface area contributed by atoms with Crippen molar-refractivity contribution in [2.24, 2.45) is 0 Å². The third kappa shape index (κ3) is 2.62. The van der Waals surface area contributed by atoms with Crippen LogP contribution in [-0.2, 0) is 11.8 Å². The highest BCUT2D eigenvalue weighted by molar-refractivity contribution is 5.36. The average Bonchev–Trinajstić information content (AvgIpc) is 2.47. The molecule has 0 radical (unpaired) electrons. The van der Waals surface area contributed by atoms with E-state index in [2.05, 4.69) is 0 Å². The first kappa shape index (κ1) is 15.0. The molecule has 2 rings (SSSR count). The molecule has 0 aromatic heterocycles. The maximum absolute atomic E-state index is 14.1. The number of hydrogen-bond acceptors (Lipinski definition) is 1. The summed E-state index contributed by atoms with van der Waals surface area (Å²) in [6, 6.07) is 10.3. The van der Waals surface area contributed by atoms with E-state index < -0.39 is 23.0 Å². The summed E-state index contributed by atoms with van der Waals surface area (Å²) in [5, 5.41) is 8.61. The van der Waals surface area contributed by atoms with Gasteiger partial charge in [0.05, 0.1) is 11.6 Å². The van der Waals surface area contributed by atoms with E-state index in [0.29, 0.717) is 5.56 Å². The topological polar surface area (TPSA) is 23.8 Å². The van der Waals surface area contributed by atoms with Crippen LogP contribution in [0.4, 0.5) is 17.6 Å². The second-order valence-electron chi connectivity index (χ2n) is 4.70. The van der Waals surface area contributed by atoms with Crippen molar-refractivity contribution in [3.05, 3.63) is 70.8 Å². The Balaban J connectivity index is 2.44. The summed E-state index contributed by atoms with van der Waals surface area (Å²) in [6.45, 7) is 1.68. The summed E-state index contributed by atoms with van der Waals surface area (Å²) in [5.74, 6) is -8.70. The molecule has 0 saturated carbocycles. The predicted molar refractivity (Wildman–Crippen MR) is 70.1 cm³/mol. The molecule has 108 valence electrons. The van der Waals surface area contributed by atoms with Gasteiger partial charge in [-0.2, -0.15) is 22.8 Å². The molecule has 2 aromatic carbocycles. The quantitative estimate of drug-likeness (QED) is 0.749. The molecular formula is C16H11F4N. The van der Waals surface area contributed by atoms with Gasteiger partial charge in [0.1, 0.15) is 0 Å². The Morgan fingerprint density at radius 3 is 1.52 bits per heavy atom.